The molecule has 0 heterocycles. The van der Waals surface area contributed by atoms with Crippen LogP contribution in [-0.4, -0.2) is 24.8 Å². The lowest BCUT2D eigenvalue weighted by Gasteiger charge is -2.33. The maximum Gasteiger partial charge on any atom is 0.0836 e. The van der Waals surface area contributed by atoms with Gasteiger partial charge in [-0.25, -0.2) is 0 Å². The van der Waals surface area contributed by atoms with Crippen LogP contribution in [0.2, 0.25) is 0 Å². The zero-order chi connectivity index (χ0) is 17.2. The second-order valence-corrected chi connectivity index (χ2v) is 4.61. The van der Waals surface area contributed by atoms with E-state index >= 15 is 0 Å². The summed E-state index contributed by atoms with van der Waals surface area (Å²) in [6, 6.07) is 0. The highest BCUT2D eigenvalue weighted by Crippen LogP contribution is 2.30. The summed E-state index contributed by atoms with van der Waals surface area (Å²) in [5.74, 6) is 0. The minimum Gasteiger partial charge on any atom is -0.374 e. The first-order chi connectivity index (χ1) is 9.13. The normalized spacial score (nSPS) is 22.4. The number of rotatable bonds is 5. The number of methoxy groups -OCH3 is 1. The smallest absolute Gasteiger partial charge is 0.0836 e. The Kier molecular flexibility index (Phi) is 2.42. The molecule has 0 saturated carbocycles. The molecule has 0 aromatic heterocycles. The van der Waals surface area contributed by atoms with Crippen molar-refractivity contribution in [1.29, 1.82) is 0 Å². The second kappa shape index (κ2) is 5.13. The summed E-state index contributed by atoms with van der Waals surface area (Å²) in [6.07, 6.45) is 0. The summed E-state index contributed by atoms with van der Waals surface area (Å²) in [5, 5.41) is 0. The van der Waals surface area contributed by atoms with Crippen LogP contribution in [0, 0.1) is 0 Å². The molecule has 0 saturated heterocycles. The molecule has 0 N–H and O–H groups in total. The second-order valence-electron chi connectivity index (χ2n) is 4.61. The van der Waals surface area contributed by atoms with Crippen molar-refractivity contribution in [3.05, 3.63) is 11.1 Å². The quantitative estimate of drug-likeness (QED) is 0.660. The van der Waals surface area contributed by atoms with E-state index in [0.717, 1.165) is 5.57 Å². The van der Waals surface area contributed by atoms with Crippen LogP contribution < -0.4 is 0 Å². The monoisotopic (exact) mass is 220 g/mol. The molecule has 0 rings (SSSR count). The Morgan fingerprint density at radius 2 is 1.67 bits per heavy atom. The lowest BCUT2D eigenvalue weighted by molar-refractivity contribution is 0.0110. The highest BCUT2D eigenvalue weighted by Gasteiger charge is 2.28. The largest absolute Gasteiger partial charge is 0.374 e. The summed E-state index contributed by atoms with van der Waals surface area (Å²) < 4.78 is 54.6. The molecule has 90 valence electrons. The number of hydrogen-bond donors (Lipinski definition) is 0. The van der Waals surface area contributed by atoms with Crippen LogP contribution in [0.4, 0.5) is 0 Å². The molecular weight excluding hydrogens is 188 g/mol. The average Bonchev–Trinajstić information content (AvgIpc) is 2.23. The molecule has 0 fully saturated rings. The van der Waals surface area contributed by atoms with Crippen molar-refractivity contribution in [1.82, 2.24) is 0 Å². The molecule has 0 aliphatic rings. The first-order valence-electron chi connectivity index (χ1n) is 8.20. The van der Waals surface area contributed by atoms with E-state index in [9.17, 15) is 0 Å². The van der Waals surface area contributed by atoms with Crippen LogP contribution in [0.1, 0.15) is 56.6 Å². The Morgan fingerprint density at radius 3 is 2.13 bits per heavy atom. The van der Waals surface area contributed by atoms with Crippen molar-refractivity contribution < 1.29 is 17.7 Å². The van der Waals surface area contributed by atoms with Gasteiger partial charge in [0.25, 0.3) is 0 Å². The van der Waals surface area contributed by atoms with E-state index in [4.69, 9.17) is 17.7 Å². The summed E-state index contributed by atoms with van der Waals surface area (Å²) in [7, 11) is -1.43. The van der Waals surface area contributed by atoms with Gasteiger partial charge in [-0.2, -0.15) is 0 Å². The lowest BCUT2D eigenvalue weighted by Crippen LogP contribution is -2.32. The van der Waals surface area contributed by atoms with Gasteiger partial charge in [-0.1, -0.05) is 0 Å². The van der Waals surface area contributed by atoms with Crippen LogP contribution in [0.3, 0.4) is 0 Å². The van der Waals surface area contributed by atoms with E-state index in [2.05, 4.69) is 0 Å². The molecule has 0 bridgehead atoms. The minimum absolute atomic E-state index is 0.678. The molecule has 2 heteroatoms. The highest BCUT2D eigenvalue weighted by molar-refractivity contribution is 5.25. The molecule has 0 unspecified atom stereocenters. The van der Waals surface area contributed by atoms with Crippen molar-refractivity contribution in [2.24, 2.45) is 0 Å². The molecule has 15 heavy (non-hydrogen) atoms. The van der Waals surface area contributed by atoms with Crippen molar-refractivity contribution in [3.8, 4) is 0 Å². The van der Waals surface area contributed by atoms with Crippen molar-refractivity contribution >= 4 is 0 Å². The first-order valence-corrected chi connectivity index (χ1v) is 4.89. The Bertz CT molecular complexity index is 388. The number of ether oxygens (including phenoxy) is 2. The summed E-state index contributed by atoms with van der Waals surface area (Å²) in [4.78, 5) is 0. The Labute approximate surface area is 103 Å². The third kappa shape index (κ3) is 3.62. The molecule has 0 radical (unpaired) electrons. The van der Waals surface area contributed by atoms with Gasteiger partial charge in [-0.3, -0.25) is 0 Å². The topological polar surface area (TPSA) is 18.5 Å². The maximum atomic E-state index is 7.60. The van der Waals surface area contributed by atoms with E-state index in [1.54, 1.807) is 41.5 Å². The fraction of sp³-hybridized carbons (Fsp3) is 0.846. The third-order valence-corrected chi connectivity index (χ3v) is 2.98. The molecule has 0 aromatic carbocycles. The fourth-order valence-electron chi connectivity index (χ4n) is 1.22. The van der Waals surface area contributed by atoms with Gasteiger partial charge in [-0.15, -0.1) is 0 Å². The van der Waals surface area contributed by atoms with Gasteiger partial charge >= 0.3 is 0 Å². The highest BCUT2D eigenvalue weighted by atomic mass is 16.5. The van der Waals surface area contributed by atoms with Gasteiger partial charge < -0.3 is 9.47 Å². The average molecular weight is 220 g/mol. The van der Waals surface area contributed by atoms with Crippen LogP contribution in [0.25, 0.3) is 0 Å². The van der Waals surface area contributed by atoms with Crippen molar-refractivity contribution in [3.63, 3.8) is 0 Å². The lowest BCUT2D eigenvalue weighted by atomic mass is 9.87. The molecule has 0 amide bonds. The van der Waals surface area contributed by atoms with Gasteiger partial charge in [0.15, 0.2) is 0 Å². The number of hydrogen-bond acceptors (Lipinski definition) is 2. The third-order valence-electron chi connectivity index (χ3n) is 2.98. The van der Waals surface area contributed by atoms with E-state index in [-0.39, 0.29) is 0 Å². The predicted molar refractivity (Wildman–Crippen MR) is 65.2 cm³/mol. The molecule has 2 nitrogen and oxygen atoms in total. The van der Waals surface area contributed by atoms with Gasteiger partial charge in [-0.05, 0) is 59.6 Å². The molecule has 0 aliphatic carbocycles. The van der Waals surface area contributed by atoms with E-state index in [0.29, 0.717) is 5.57 Å². The molecule has 0 atom stereocenters. The maximum absolute atomic E-state index is 7.60. The van der Waals surface area contributed by atoms with Crippen LogP contribution in [0.5, 0.6) is 0 Å². The predicted octanol–water partition coefficient (Wildman–Crippen LogP) is 3.56. The Balaban J connectivity index is 5.45. The summed E-state index contributed by atoms with van der Waals surface area (Å²) in [6.45, 7) is 6.12. The standard InChI is InChI=1S/C13H26O2/c1-9-15-13(6,7)11(3)10(2)12(4,5)14-8/h9H2,1-8H3/b11-10-/i1D2,8D2,9D2. The zero-order valence-electron chi connectivity index (χ0n) is 16.5. The van der Waals surface area contributed by atoms with Gasteiger partial charge in [0.2, 0.25) is 0 Å². The van der Waals surface area contributed by atoms with E-state index in [1.807, 2.05) is 0 Å². The molecule has 0 aromatic rings. The van der Waals surface area contributed by atoms with Gasteiger partial charge in [0.05, 0.1) is 16.7 Å². The van der Waals surface area contributed by atoms with Gasteiger partial charge in [0, 0.05) is 16.4 Å². The minimum atomic E-state index is -2.40. The Hall–Kier alpha value is -0.340. The van der Waals surface area contributed by atoms with Crippen LogP contribution in [0.15, 0.2) is 11.1 Å². The van der Waals surface area contributed by atoms with Crippen LogP contribution >= 0.6 is 0 Å². The molecular formula is C13H26O2. The molecule has 0 spiro atoms. The fourth-order valence-corrected chi connectivity index (χ4v) is 1.22. The van der Waals surface area contributed by atoms with Gasteiger partial charge in [0.1, 0.15) is 0 Å². The summed E-state index contributed by atoms with van der Waals surface area (Å²) >= 11 is 0. The molecule has 0 aliphatic heterocycles. The van der Waals surface area contributed by atoms with Crippen molar-refractivity contribution in [2.45, 2.75) is 59.6 Å². The zero-order valence-corrected chi connectivity index (χ0v) is 10.5. The Morgan fingerprint density at radius 1 is 1.13 bits per heavy atom. The van der Waals surface area contributed by atoms with Crippen LogP contribution in [-0.2, 0) is 9.47 Å². The van der Waals surface area contributed by atoms with Crippen molar-refractivity contribution in [2.75, 3.05) is 13.6 Å². The SMILES string of the molecule is [2H]C([2H])OC(C)(C)/C(C)=C(/C)C(C)(C)OC([2H])([2H])C([2H])[2H]. The summed E-state index contributed by atoms with van der Waals surface area (Å²) in [5.41, 5.74) is -0.516. The van der Waals surface area contributed by atoms with E-state index in [1.165, 1.54) is 0 Å². The van der Waals surface area contributed by atoms with E-state index < -0.39 is 31.7 Å². The first kappa shape index (κ1) is 7.08.